The number of amides is 4. The molecule has 4 amide bonds. The molecule has 0 saturated carbocycles. The number of hydrogen-bond donors (Lipinski definition) is 5. The minimum Gasteiger partial charge on any atom is -0.494 e. The maximum atomic E-state index is 13.8. The fraction of sp³-hybridized carbons (Fsp3) is 0.431. The quantitative estimate of drug-likeness (QED) is 0.0424. The van der Waals surface area contributed by atoms with Crippen LogP contribution in [0.5, 0.6) is 5.75 Å². The molecule has 368 valence electrons. The van der Waals surface area contributed by atoms with E-state index >= 15 is 0 Å². The van der Waals surface area contributed by atoms with Gasteiger partial charge in [-0.05, 0) is 118 Å². The van der Waals surface area contributed by atoms with Crippen molar-refractivity contribution in [2.45, 2.75) is 77.3 Å². The van der Waals surface area contributed by atoms with Gasteiger partial charge in [-0.3, -0.25) is 34.4 Å². The number of aromatic nitrogens is 3. The van der Waals surface area contributed by atoms with Gasteiger partial charge < -0.3 is 40.4 Å². The molecule has 4 aliphatic rings. The van der Waals surface area contributed by atoms with Gasteiger partial charge in [-0.25, -0.2) is 4.98 Å². The third-order valence-electron chi connectivity index (χ3n) is 14.0. The van der Waals surface area contributed by atoms with E-state index in [1.807, 2.05) is 63.2 Å². The molecule has 1 unspecified atom stereocenters. The number of methoxy groups -OCH3 is 1. The average Bonchev–Trinajstić information content (AvgIpc) is 3.51. The van der Waals surface area contributed by atoms with Crippen LogP contribution in [0.15, 0.2) is 65.3 Å². The zero-order valence-electron chi connectivity index (χ0n) is 40.7. The van der Waals surface area contributed by atoms with Gasteiger partial charge in [0.05, 0.1) is 45.5 Å². The van der Waals surface area contributed by atoms with E-state index in [0.717, 1.165) is 77.1 Å². The van der Waals surface area contributed by atoms with E-state index in [1.54, 1.807) is 31.5 Å². The molecule has 2 aromatic heterocycles. The van der Waals surface area contributed by atoms with Gasteiger partial charge in [0.25, 0.3) is 0 Å². The van der Waals surface area contributed by atoms with Crippen LogP contribution in [0.1, 0.15) is 63.3 Å². The first-order valence-electron chi connectivity index (χ1n) is 24.0. The number of nitrogens with zero attached hydrogens (tertiary/aromatic N) is 6. The van der Waals surface area contributed by atoms with E-state index in [9.17, 15) is 23.7 Å². The molecule has 3 aromatic carbocycles. The molecule has 19 heteroatoms. The van der Waals surface area contributed by atoms with Crippen molar-refractivity contribution in [3.63, 3.8) is 0 Å². The number of rotatable bonds is 15. The highest BCUT2D eigenvalue weighted by Gasteiger charge is 2.51. The highest BCUT2D eigenvalue weighted by atomic mass is 79.9. The molecule has 0 bridgehead atoms. The van der Waals surface area contributed by atoms with Crippen LogP contribution in [-0.2, 0) is 35.6 Å². The largest absolute Gasteiger partial charge is 0.494 e. The standard InChI is InChI=1S/C51H61BrN11O6P/c1-8-30-24-37(58-50-55-26-34(52)46(60-50)57-36-15-14-35-33(13-12-29(2)56-35)45(36)70(6,7)68)42(69-5)25-41(30)61-22-18-32(19-23-61)53-20-21-54-47(65)31-27-62(28-31)38-10-9-11-39-44(38)51(3,4)49(67)63(39)40-16-17-43(64)59-48(40)66/h9-15,24-26,31-32,40,53H,8,16-23,27-28H2,1-7H3,(H,54,65)(H,59,64,66)(H2,55,57,58,60). The molecule has 0 aliphatic carbocycles. The Morgan fingerprint density at radius 1 is 0.929 bits per heavy atom. The van der Waals surface area contributed by atoms with Crippen molar-refractivity contribution < 1.29 is 28.5 Å². The van der Waals surface area contributed by atoms with Gasteiger partial charge in [0.15, 0.2) is 0 Å². The Bertz CT molecular complexity index is 2950. The molecular formula is C51H61BrN11O6P. The Kier molecular flexibility index (Phi) is 13.7. The van der Waals surface area contributed by atoms with Crippen molar-refractivity contribution in [2.75, 3.05) is 85.0 Å². The van der Waals surface area contributed by atoms with Gasteiger partial charge in [-0.15, -0.1) is 0 Å². The predicted octanol–water partition coefficient (Wildman–Crippen LogP) is 6.64. The fourth-order valence-corrected chi connectivity index (χ4v) is 12.1. The number of carbonyl (C=O) groups is 4. The molecule has 5 N–H and O–H groups in total. The zero-order chi connectivity index (χ0) is 49.6. The Labute approximate surface area is 416 Å². The molecule has 4 aliphatic heterocycles. The number of ether oxygens (including phenoxy) is 1. The van der Waals surface area contributed by atoms with E-state index in [4.69, 9.17) is 9.72 Å². The first kappa shape index (κ1) is 48.9. The molecule has 0 spiro atoms. The average molecular weight is 1030 g/mol. The van der Waals surface area contributed by atoms with Crippen molar-refractivity contribution in [2.24, 2.45) is 5.92 Å². The number of hydrogen-bond acceptors (Lipinski definition) is 14. The summed E-state index contributed by atoms with van der Waals surface area (Å²) in [5, 5.41) is 17.5. The van der Waals surface area contributed by atoms with Crippen LogP contribution in [0, 0.1) is 12.8 Å². The second-order valence-corrected chi connectivity index (χ2v) is 23.6. The number of fused-ring (bicyclic) bond motifs is 2. The van der Waals surface area contributed by atoms with E-state index < -0.39 is 24.5 Å². The van der Waals surface area contributed by atoms with E-state index in [2.05, 4.69) is 81.3 Å². The second kappa shape index (κ2) is 19.6. The highest BCUT2D eigenvalue weighted by Crippen LogP contribution is 2.49. The number of aryl methyl sites for hydroxylation is 2. The molecule has 3 fully saturated rings. The predicted molar refractivity (Wildman–Crippen MR) is 279 cm³/mol. The number of anilines is 7. The molecule has 9 rings (SSSR count). The molecule has 1 atom stereocenters. The normalized spacial score (nSPS) is 18.4. The van der Waals surface area contributed by atoms with Gasteiger partial charge in [0.2, 0.25) is 29.6 Å². The van der Waals surface area contributed by atoms with Gasteiger partial charge in [0.1, 0.15) is 24.8 Å². The molecule has 0 radical (unpaired) electrons. The van der Waals surface area contributed by atoms with E-state index in [-0.39, 0.29) is 36.5 Å². The van der Waals surface area contributed by atoms with Gasteiger partial charge in [-0.2, -0.15) is 4.98 Å². The topological polar surface area (TPSA) is 203 Å². The molecular weight excluding hydrogens is 974 g/mol. The first-order valence-corrected chi connectivity index (χ1v) is 27.4. The maximum absolute atomic E-state index is 13.8. The first-order chi connectivity index (χ1) is 33.4. The lowest BCUT2D eigenvalue weighted by molar-refractivity contribution is -0.136. The van der Waals surface area contributed by atoms with Gasteiger partial charge in [0, 0.05) is 97.3 Å². The minimum atomic E-state index is -2.74. The molecule has 17 nitrogen and oxygen atoms in total. The summed E-state index contributed by atoms with van der Waals surface area (Å²) >= 11 is 3.61. The van der Waals surface area contributed by atoms with Gasteiger partial charge in [-0.1, -0.05) is 19.1 Å². The molecule has 3 saturated heterocycles. The number of nitrogens with one attached hydrogen (secondary N) is 5. The number of halogens is 1. The van der Waals surface area contributed by atoms with Crippen molar-refractivity contribution in [3.8, 4) is 5.75 Å². The third-order valence-corrected chi connectivity index (χ3v) is 16.2. The highest BCUT2D eigenvalue weighted by molar-refractivity contribution is 9.10. The fourth-order valence-electron chi connectivity index (χ4n) is 10.4. The van der Waals surface area contributed by atoms with Crippen molar-refractivity contribution in [3.05, 3.63) is 82.1 Å². The van der Waals surface area contributed by atoms with Crippen LogP contribution >= 0.6 is 23.1 Å². The lowest BCUT2D eigenvalue weighted by Crippen LogP contribution is -2.55. The van der Waals surface area contributed by atoms with Crippen LogP contribution in [-0.4, -0.2) is 110 Å². The summed E-state index contributed by atoms with van der Waals surface area (Å²) in [7, 11) is -1.09. The smallest absolute Gasteiger partial charge is 0.249 e. The summed E-state index contributed by atoms with van der Waals surface area (Å²) in [6.07, 6.45) is 4.85. The lowest BCUT2D eigenvalue weighted by atomic mass is 9.83. The third kappa shape index (κ3) is 9.57. The van der Waals surface area contributed by atoms with Crippen LogP contribution in [0.4, 0.5) is 40.2 Å². The molecule has 70 heavy (non-hydrogen) atoms. The number of carbonyl (C=O) groups excluding carboxylic acids is 4. The van der Waals surface area contributed by atoms with Gasteiger partial charge >= 0.3 is 0 Å². The summed E-state index contributed by atoms with van der Waals surface area (Å²) < 4.78 is 20.2. The minimum absolute atomic E-state index is 0.0115. The Hall–Kier alpha value is -6.10. The maximum Gasteiger partial charge on any atom is 0.249 e. The Morgan fingerprint density at radius 3 is 2.40 bits per heavy atom. The van der Waals surface area contributed by atoms with E-state index in [0.29, 0.717) is 70.9 Å². The van der Waals surface area contributed by atoms with Crippen molar-refractivity contribution >= 4 is 103 Å². The summed E-state index contributed by atoms with van der Waals surface area (Å²) in [5.41, 5.74) is 6.97. The van der Waals surface area contributed by atoms with E-state index in [1.165, 1.54) is 0 Å². The SMILES string of the molecule is CCc1cc(Nc2ncc(Br)c(Nc3ccc4nc(C)ccc4c3P(C)(C)=O)n2)c(OC)cc1N1CCC(NCCNC(=O)C2CN(c3cccc4c3C(C)(C)C(=O)N4C3CCC(=O)NC3=O)C2)CC1. The van der Waals surface area contributed by atoms with Crippen molar-refractivity contribution in [1.29, 1.82) is 0 Å². The van der Waals surface area contributed by atoms with Crippen LogP contribution in [0.3, 0.4) is 0 Å². The number of piperidine rings is 2. The lowest BCUT2D eigenvalue weighted by Gasteiger charge is -2.42. The monoisotopic (exact) mass is 1030 g/mol. The molecule has 5 aromatic rings. The summed E-state index contributed by atoms with van der Waals surface area (Å²) in [4.78, 5) is 71.9. The number of imide groups is 1. The number of benzene rings is 3. The Balaban J connectivity index is 0.769. The van der Waals surface area contributed by atoms with Crippen molar-refractivity contribution in [1.82, 2.24) is 30.9 Å². The summed E-state index contributed by atoms with van der Waals surface area (Å²) in [5.74, 6) is 0.445. The van der Waals surface area contributed by atoms with Crippen LogP contribution < -0.4 is 51.3 Å². The second-order valence-electron chi connectivity index (χ2n) is 19.6. The van der Waals surface area contributed by atoms with Crippen LogP contribution in [0.2, 0.25) is 0 Å². The summed E-state index contributed by atoms with van der Waals surface area (Å²) in [6.45, 7) is 15.3. The van der Waals surface area contributed by atoms with Crippen LogP contribution in [0.25, 0.3) is 10.9 Å². The summed E-state index contributed by atoms with van der Waals surface area (Å²) in [6, 6.07) is 17.2. The number of pyridine rings is 1. The molecule has 6 heterocycles. The zero-order valence-corrected chi connectivity index (χ0v) is 43.2. The Morgan fingerprint density at radius 2 is 1.69 bits per heavy atom.